The smallest absolute Gasteiger partial charge is 0.0103 e. The molecule has 3 aromatic carbocycles. The van der Waals surface area contributed by atoms with Gasteiger partial charge in [0.05, 0.1) is 0 Å². The van der Waals surface area contributed by atoms with Gasteiger partial charge in [0.25, 0.3) is 0 Å². The van der Waals surface area contributed by atoms with Gasteiger partial charge in [0, 0.05) is 0 Å². The Hall–Kier alpha value is -2.08. The van der Waals surface area contributed by atoms with Crippen molar-refractivity contribution in [3.63, 3.8) is 0 Å². The van der Waals surface area contributed by atoms with Crippen LogP contribution in [-0.2, 0) is 0 Å². The predicted molar refractivity (Wildman–Crippen MR) is 95.3 cm³/mol. The van der Waals surface area contributed by atoms with Crippen LogP contribution in [0.25, 0.3) is 21.9 Å². The van der Waals surface area contributed by atoms with Crippen LogP contribution in [0.1, 0.15) is 42.7 Å². The molecule has 1 fully saturated rings. The van der Waals surface area contributed by atoms with Crippen molar-refractivity contribution in [1.29, 1.82) is 0 Å². The summed E-state index contributed by atoms with van der Waals surface area (Å²) in [6.07, 6.45) is 5.52. The first kappa shape index (κ1) is 13.6. The maximum atomic E-state index is 2.45. The molecule has 110 valence electrons. The molecule has 1 saturated carbocycles. The highest BCUT2D eigenvalue weighted by molar-refractivity contribution is 5.98. The average Bonchev–Trinajstić information content (AvgIpc) is 3.10. The second kappa shape index (κ2) is 5.61. The van der Waals surface area contributed by atoms with Crippen LogP contribution in [0.2, 0.25) is 0 Å². The van der Waals surface area contributed by atoms with Gasteiger partial charge in [-0.3, -0.25) is 0 Å². The Kier molecular flexibility index (Phi) is 3.46. The summed E-state index contributed by atoms with van der Waals surface area (Å²) in [4.78, 5) is 0. The molecule has 0 nitrogen and oxygen atoms in total. The molecule has 1 aliphatic carbocycles. The van der Waals surface area contributed by atoms with Crippen LogP contribution in [0.5, 0.6) is 0 Å². The summed E-state index contributed by atoms with van der Waals surface area (Å²) < 4.78 is 0. The molecule has 0 aromatic heterocycles. The lowest BCUT2D eigenvalue weighted by atomic mass is 9.90. The Morgan fingerprint density at radius 3 is 2.32 bits per heavy atom. The Balaban J connectivity index is 1.88. The minimum Gasteiger partial charge on any atom is -0.0622 e. The largest absolute Gasteiger partial charge is 0.0622 e. The number of benzene rings is 3. The molecule has 1 aliphatic rings. The molecule has 0 heteroatoms. The van der Waals surface area contributed by atoms with Crippen molar-refractivity contribution in [2.24, 2.45) is 0 Å². The minimum absolute atomic E-state index is 0.782. The highest BCUT2D eigenvalue weighted by Crippen LogP contribution is 2.37. The zero-order chi connectivity index (χ0) is 14.9. The zero-order valence-corrected chi connectivity index (χ0v) is 13.2. The van der Waals surface area contributed by atoms with Crippen LogP contribution in [-0.4, -0.2) is 0 Å². The highest BCUT2D eigenvalue weighted by Gasteiger charge is 2.17. The van der Waals surface area contributed by atoms with E-state index in [9.17, 15) is 0 Å². The quantitative estimate of drug-likeness (QED) is 0.506. The van der Waals surface area contributed by atoms with Gasteiger partial charge in [0.2, 0.25) is 0 Å². The van der Waals surface area contributed by atoms with E-state index in [2.05, 4.69) is 67.6 Å². The van der Waals surface area contributed by atoms with Crippen LogP contribution < -0.4 is 0 Å². The summed E-state index contributed by atoms with van der Waals surface area (Å²) in [7, 11) is 0. The fourth-order valence-electron chi connectivity index (χ4n) is 3.89. The van der Waals surface area contributed by atoms with Gasteiger partial charge in [-0.15, -0.1) is 0 Å². The Morgan fingerprint density at radius 2 is 1.55 bits per heavy atom. The van der Waals surface area contributed by atoms with Gasteiger partial charge in [0.1, 0.15) is 0 Å². The Labute approximate surface area is 132 Å². The van der Waals surface area contributed by atoms with Gasteiger partial charge >= 0.3 is 0 Å². The van der Waals surface area contributed by atoms with Crippen molar-refractivity contribution >= 4 is 10.8 Å². The van der Waals surface area contributed by atoms with Crippen molar-refractivity contribution in [3.05, 3.63) is 71.8 Å². The molecule has 0 heterocycles. The first-order chi connectivity index (χ1) is 10.8. The Bertz CT molecular complexity index is 793. The van der Waals surface area contributed by atoms with E-state index >= 15 is 0 Å². The van der Waals surface area contributed by atoms with Gasteiger partial charge < -0.3 is 0 Å². The summed E-state index contributed by atoms with van der Waals surface area (Å²) in [6, 6.07) is 22.4. The SMILES string of the molecule is Cc1ccc(-c2ccccc2)c2ccc(C3CCCC3)cc12. The summed E-state index contributed by atoms with van der Waals surface area (Å²) in [5.41, 5.74) is 5.58. The summed E-state index contributed by atoms with van der Waals surface area (Å²) in [5.74, 6) is 0.782. The van der Waals surface area contributed by atoms with Crippen LogP contribution >= 0.6 is 0 Å². The van der Waals surface area contributed by atoms with Crippen molar-refractivity contribution < 1.29 is 0 Å². The fraction of sp³-hybridized carbons (Fsp3) is 0.273. The van der Waals surface area contributed by atoms with E-state index in [0.29, 0.717) is 0 Å². The normalized spacial score (nSPS) is 15.5. The van der Waals surface area contributed by atoms with E-state index in [1.54, 1.807) is 5.56 Å². The van der Waals surface area contributed by atoms with E-state index < -0.39 is 0 Å². The van der Waals surface area contributed by atoms with Gasteiger partial charge in [-0.25, -0.2) is 0 Å². The van der Waals surface area contributed by atoms with E-state index in [-0.39, 0.29) is 0 Å². The third-order valence-corrected chi connectivity index (χ3v) is 5.17. The Morgan fingerprint density at radius 1 is 0.773 bits per heavy atom. The third-order valence-electron chi connectivity index (χ3n) is 5.17. The zero-order valence-electron chi connectivity index (χ0n) is 13.2. The molecule has 0 unspecified atom stereocenters. The number of rotatable bonds is 2. The second-order valence-corrected chi connectivity index (χ2v) is 6.58. The standard InChI is InChI=1S/C22H22/c1-16-11-13-20(18-9-3-2-4-10-18)21-14-12-19(15-22(16)21)17-7-5-6-8-17/h2-4,9-15,17H,5-8H2,1H3. The van der Waals surface area contributed by atoms with Crippen LogP contribution in [0.4, 0.5) is 0 Å². The predicted octanol–water partition coefficient (Wildman–Crippen LogP) is 6.47. The van der Waals surface area contributed by atoms with Gasteiger partial charge in [-0.1, -0.05) is 73.5 Å². The number of aryl methyl sites for hydroxylation is 1. The molecular weight excluding hydrogens is 264 g/mol. The van der Waals surface area contributed by atoms with Crippen molar-refractivity contribution in [2.45, 2.75) is 38.5 Å². The van der Waals surface area contributed by atoms with Crippen LogP contribution in [0.3, 0.4) is 0 Å². The number of hydrogen-bond donors (Lipinski definition) is 0. The van der Waals surface area contributed by atoms with Crippen LogP contribution in [0.15, 0.2) is 60.7 Å². The monoisotopic (exact) mass is 286 g/mol. The molecule has 3 aromatic rings. The fourth-order valence-corrected chi connectivity index (χ4v) is 3.89. The molecule has 0 N–H and O–H groups in total. The molecular formula is C22H22. The third kappa shape index (κ3) is 2.33. The topological polar surface area (TPSA) is 0 Å². The lowest BCUT2D eigenvalue weighted by Crippen LogP contribution is -1.93. The summed E-state index contributed by atoms with van der Waals surface area (Å²) in [5, 5.41) is 2.80. The number of fused-ring (bicyclic) bond motifs is 1. The number of hydrogen-bond acceptors (Lipinski definition) is 0. The lowest BCUT2D eigenvalue weighted by molar-refractivity contribution is 0.724. The second-order valence-electron chi connectivity index (χ2n) is 6.58. The van der Waals surface area contributed by atoms with Gasteiger partial charge in [-0.2, -0.15) is 0 Å². The molecule has 0 spiro atoms. The minimum atomic E-state index is 0.782. The van der Waals surface area contributed by atoms with Crippen molar-refractivity contribution in [1.82, 2.24) is 0 Å². The van der Waals surface area contributed by atoms with E-state index in [4.69, 9.17) is 0 Å². The first-order valence-corrected chi connectivity index (χ1v) is 8.41. The molecule has 0 saturated heterocycles. The van der Waals surface area contributed by atoms with E-state index in [1.165, 1.54) is 53.1 Å². The molecule has 0 bridgehead atoms. The maximum Gasteiger partial charge on any atom is -0.0103 e. The van der Waals surface area contributed by atoms with E-state index in [1.807, 2.05) is 0 Å². The summed E-state index contributed by atoms with van der Waals surface area (Å²) in [6.45, 7) is 2.23. The average molecular weight is 286 g/mol. The molecule has 0 atom stereocenters. The molecule has 0 amide bonds. The molecule has 0 radical (unpaired) electrons. The van der Waals surface area contributed by atoms with Gasteiger partial charge in [0.15, 0.2) is 0 Å². The molecule has 4 rings (SSSR count). The lowest BCUT2D eigenvalue weighted by Gasteiger charge is -2.14. The van der Waals surface area contributed by atoms with Crippen molar-refractivity contribution in [3.8, 4) is 11.1 Å². The first-order valence-electron chi connectivity index (χ1n) is 8.41. The van der Waals surface area contributed by atoms with Crippen LogP contribution in [0, 0.1) is 6.92 Å². The highest BCUT2D eigenvalue weighted by atomic mass is 14.2. The van der Waals surface area contributed by atoms with E-state index in [0.717, 1.165) is 5.92 Å². The maximum absolute atomic E-state index is 2.45. The molecule has 0 aliphatic heterocycles. The molecule has 22 heavy (non-hydrogen) atoms. The van der Waals surface area contributed by atoms with Crippen molar-refractivity contribution in [2.75, 3.05) is 0 Å². The summed E-state index contributed by atoms with van der Waals surface area (Å²) >= 11 is 0. The van der Waals surface area contributed by atoms with Gasteiger partial charge in [-0.05, 0) is 58.7 Å².